The van der Waals surface area contributed by atoms with Gasteiger partial charge in [0, 0.05) is 55.7 Å². The van der Waals surface area contributed by atoms with E-state index in [9.17, 15) is 13.7 Å². The zero-order valence-corrected chi connectivity index (χ0v) is 27.3. The van der Waals surface area contributed by atoms with Crippen LogP contribution < -0.4 is 24.0 Å². The van der Waals surface area contributed by atoms with E-state index in [2.05, 4.69) is 45.4 Å². The molecule has 12 heteroatoms. The molecule has 47 heavy (non-hydrogen) atoms. The number of rotatable bonds is 10. The highest BCUT2D eigenvalue weighted by Crippen LogP contribution is 2.49. The van der Waals surface area contributed by atoms with Crippen LogP contribution in [0.4, 0.5) is 11.4 Å². The van der Waals surface area contributed by atoms with Crippen LogP contribution in [-0.2, 0) is 26.9 Å². The second kappa shape index (κ2) is 13.0. The monoisotopic (exact) mass is 652 g/mol. The van der Waals surface area contributed by atoms with Crippen LogP contribution in [0.25, 0.3) is 0 Å². The van der Waals surface area contributed by atoms with Gasteiger partial charge in [0.05, 0.1) is 31.0 Å². The molecular weight excluding hydrogens is 616 g/mol. The number of sulfonamides is 1. The van der Waals surface area contributed by atoms with Crippen LogP contribution in [0.2, 0.25) is 0 Å². The first-order valence-corrected chi connectivity index (χ1v) is 16.8. The third-order valence-electron chi connectivity index (χ3n) is 8.63. The van der Waals surface area contributed by atoms with E-state index in [0.717, 1.165) is 41.7 Å². The molecule has 1 aromatic heterocycles. The molecule has 2 aliphatic rings. The number of carbonyl (C=O) groups excluding carboxylic acids is 1. The molecule has 0 saturated carbocycles. The van der Waals surface area contributed by atoms with Gasteiger partial charge in [-0.2, -0.15) is 5.26 Å². The highest BCUT2D eigenvalue weighted by atomic mass is 32.2. The number of likely N-dealkylation sites (N-methyl/N-ethyl adjacent to an activating group) is 1. The molecule has 3 aromatic carbocycles. The molecule has 1 fully saturated rings. The molecule has 1 atom stereocenters. The van der Waals surface area contributed by atoms with Crippen LogP contribution in [0.15, 0.2) is 90.0 Å². The van der Waals surface area contributed by atoms with Gasteiger partial charge in [-0.05, 0) is 74.1 Å². The number of para-hydroxylation sites is 1. The van der Waals surface area contributed by atoms with Gasteiger partial charge in [0.1, 0.15) is 10.6 Å². The van der Waals surface area contributed by atoms with Crippen molar-refractivity contribution in [2.24, 2.45) is 0 Å². The predicted molar refractivity (Wildman–Crippen MR) is 178 cm³/mol. The normalized spacial score (nSPS) is 18.1. The number of nitrogens with zero attached hydrogens (tertiary/aromatic N) is 5. The van der Waals surface area contributed by atoms with Crippen LogP contribution in [0.3, 0.4) is 0 Å². The molecule has 1 saturated heterocycles. The Labute approximate surface area is 275 Å². The summed E-state index contributed by atoms with van der Waals surface area (Å²) in [5.41, 5.74) is 1.16. The van der Waals surface area contributed by atoms with E-state index in [1.807, 2.05) is 12.1 Å². The maximum atomic E-state index is 15.1. The van der Waals surface area contributed by atoms with E-state index >= 15 is 4.79 Å². The number of aromatic nitrogens is 1. The molecule has 0 bridgehead atoms. The fourth-order valence-corrected chi connectivity index (χ4v) is 7.87. The van der Waals surface area contributed by atoms with Crippen molar-refractivity contribution in [1.29, 1.82) is 5.26 Å². The molecule has 242 valence electrons. The maximum absolute atomic E-state index is 15.1. The number of ether oxygens (including phenoxy) is 2. The topological polar surface area (TPSA) is 128 Å². The Bertz CT molecular complexity index is 1950. The molecule has 1 unspecified atom stereocenters. The minimum absolute atomic E-state index is 0.0954. The highest BCUT2D eigenvalue weighted by Gasteiger charge is 2.57. The van der Waals surface area contributed by atoms with Crippen LogP contribution >= 0.6 is 0 Å². The lowest BCUT2D eigenvalue weighted by Gasteiger charge is -2.34. The summed E-state index contributed by atoms with van der Waals surface area (Å²) in [7, 11) is -1.03. The van der Waals surface area contributed by atoms with Crippen LogP contribution in [0, 0.1) is 11.3 Å². The first-order valence-electron chi connectivity index (χ1n) is 15.4. The molecule has 1 amide bonds. The van der Waals surface area contributed by atoms with Crippen molar-refractivity contribution >= 4 is 27.3 Å². The van der Waals surface area contributed by atoms with E-state index in [1.54, 1.807) is 43.5 Å². The number of methoxy groups -OCH3 is 1. The van der Waals surface area contributed by atoms with Crippen LogP contribution in [0.1, 0.15) is 29.2 Å². The summed E-state index contributed by atoms with van der Waals surface area (Å²) in [6, 6.07) is 24.3. The molecule has 6 rings (SSSR count). The largest absolute Gasteiger partial charge is 0.495 e. The standard InChI is InChI=1S/C35H36N6O5S/c1-4-46-33-28(11-8-16-37-33)35(38-24-26-9-7-10-27(21-26)40-19-17-39(2)18-20-40)29-22-25(23-36)14-15-30(29)41(34(35)42)47(43,44)32-13-6-5-12-31(32)45-3/h5-16,21-22,38H,4,17-20,24H2,1-3H3. The molecule has 4 aromatic rings. The summed E-state index contributed by atoms with van der Waals surface area (Å²) < 4.78 is 41.1. The zero-order chi connectivity index (χ0) is 33.2. The Morgan fingerprint density at radius 3 is 2.51 bits per heavy atom. The lowest BCUT2D eigenvalue weighted by Crippen LogP contribution is -2.52. The van der Waals surface area contributed by atoms with Crippen molar-refractivity contribution in [2.45, 2.75) is 23.9 Å². The summed E-state index contributed by atoms with van der Waals surface area (Å²) in [5, 5.41) is 13.4. The molecule has 1 N–H and O–H groups in total. The molecule has 0 radical (unpaired) electrons. The predicted octanol–water partition coefficient (Wildman–Crippen LogP) is 3.88. The Hall–Kier alpha value is -4.96. The first kappa shape index (κ1) is 32.0. The summed E-state index contributed by atoms with van der Waals surface area (Å²) in [6.45, 7) is 5.94. The minimum atomic E-state index is -4.51. The fourth-order valence-electron chi connectivity index (χ4n) is 6.25. The van der Waals surface area contributed by atoms with Gasteiger partial charge in [0.25, 0.3) is 15.9 Å². The SMILES string of the molecule is CCOc1ncccc1C1(NCc2cccc(N3CCN(C)CC3)c2)C(=O)N(S(=O)(=O)c2ccccc2OC)c2ccc(C#N)cc21. The summed E-state index contributed by atoms with van der Waals surface area (Å²) in [5.74, 6) is -0.511. The summed E-state index contributed by atoms with van der Waals surface area (Å²) in [4.78, 5) is 24.0. The van der Waals surface area contributed by atoms with Crippen LogP contribution in [0.5, 0.6) is 11.6 Å². The number of piperazine rings is 1. The van der Waals surface area contributed by atoms with Crippen molar-refractivity contribution in [2.75, 3.05) is 56.1 Å². The van der Waals surface area contributed by atoms with E-state index < -0.39 is 21.5 Å². The number of pyridine rings is 1. The number of carbonyl (C=O) groups is 1. The van der Waals surface area contributed by atoms with Crippen molar-refractivity contribution in [1.82, 2.24) is 15.2 Å². The number of benzene rings is 3. The molecule has 0 spiro atoms. The lowest BCUT2D eigenvalue weighted by molar-refractivity contribution is -0.121. The van der Waals surface area contributed by atoms with Gasteiger partial charge < -0.3 is 19.3 Å². The average Bonchev–Trinajstić information content (AvgIpc) is 3.35. The number of fused-ring (bicyclic) bond motifs is 1. The van der Waals surface area contributed by atoms with Gasteiger partial charge in [-0.3, -0.25) is 10.1 Å². The smallest absolute Gasteiger partial charge is 0.274 e. The van der Waals surface area contributed by atoms with Crippen molar-refractivity contribution < 1.29 is 22.7 Å². The first-order chi connectivity index (χ1) is 22.7. The fraction of sp³-hybridized carbons (Fsp3) is 0.286. The lowest BCUT2D eigenvalue weighted by atomic mass is 9.83. The maximum Gasteiger partial charge on any atom is 0.274 e. The molecule has 11 nitrogen and oxygen atoms in total. The highest BCUT2D eigenvalue weighted by molar-refractivity contribution is 7.93. The van der Waals surface area contributed by atoms with E-state index in [4.69, 9.17) is 9.47 Å². The Kier molecular flexibility index (Phi) is 8.88. The number of nitriles is 1. The Balaban J connectivity index is 1.52. The number of hydrogen-bond donors (Lipinski definition) is 1. The van der Waals surface area contributed by atoms with E-state index in [1.165, 1.54) is 31.4 Å². The summed E-state index contributed by atoms with van der Waals surface area (Å²) in [6.07, 6.45) is 1.55. The number of anilines is 2. The Morgan fingerprint density at radius 2 is 1.77 bits per heavy atom. The van der Waals surface area contributed by atoms with E-state index in [-0.39, 0.29) is 40.9 Å². The molecular formula is C35H36N6O5S. The van der Waals surface area contributed by atoms with Gasteiger partial charge >= 0.3 is 0 Å². The molecule has 0 aliphatic carbocycles. The molecule has 3 heterocycles. The van der Waals surface area contributed by atoms with Gasteiger partial charge in [-0.1, -0.05) is 24.3 Å². The number of hydrogen-bond acceptors (Lipinski definition) is 10. The third kappa shape index (κ3) is 5.67. The van der Waals surface area contributed by atoms with Crippen molar-refractivity contribution in [3.8, 4) is 17.7 Å². The summed E-state index contributed by atoms with van der Waals surface area (Å²) >= 11 is 0. The minimum Gasteiger partial charge on any atom is -0.495 e. The average molecular weight is 653 g/mol. The second-order valence-corrected chi connectivity index (χ2v) is 13.2. The number of nitrogens with one attached hydrogen (secondary N) is 1. The van der Waals surface area contributed by atoms with Gasteiger partial charge in [0.2, 0.25) is 5.88 Å². The van der Waals surface area contributed by atoms with Crippen molar-refractivity contribution in [3.05, 3.63) is 107 Å². The number of amides is 1. The van der Waals surface area contributed by atoms with E-state index in [0.29, 0.717) is 11.1 Å². The van der Waals surface area contributed by atoms with Gasteiger partial charge in [0.15, 0.2) is 5.54 Å². The van der Waals surface area contributed by atoms with Gasteiger partial charge in [-0.15, -0.1) is 0 Å². The molecule has 2 aliphatic heterocycles. The zero-order valence-electron chi connectivity index (χ0n) is 26.5. The second-order valence-electron chi connectivity index (χ2n) is 11.4. The van der Waals surface area contributed by atoms with Gasteiger partial charge in [-0.25, -0.2) is 17.7 Å². The Morgan fingerprint density at radius 1 is 0.979 bits per heavy atom. The quantitative estimate of drug-likeness (QED) is 0.270. The third-order valence-corrected chi connectivity index (χ3v) is 10.4. The van der Waals surface area contributed by atoms with Crippen LogP contribution in [-0.4, -0.2) is 71.2 Å². The van der Waals surface area contributed by atoms with Crippen molar-refractivity contribution in [3.63, 3.8) is 0 Å².